The van der Waals surface area contributed by atoms with Crippen LogP contribution in [0.15, 0.2) is 117 Å². The molecule has 3 aromatic heterocycles. The topological polar surface area (TPSA) is 170 Å². The van der Waals surface area contributed by atoms with Crippen LogP contribution in [-0.4, -0.2) is 58.0 Å². The Morgan fingerprint density at radius 3 is 2.17 bits per heavy atom. The van der Waals surface area contributed by atoms with Gasteiger partial charge >= 0.3 is 0 Å². The second-order valence-electron chi connectivity index (χ2n) is 13.2. The number of fused-ring (bicyclic) bond motifs is 2. The number of methoxy groups -OCH3 is 2. The number of nitrogens with two attached hydrogens (primary N) is 1. The number of rotatable bonds is 11. The third-order valence-corrected chi connectivity index (χ3v) is 10.0. The molecule has 2 amide bonds. The predicted octanol–water partition coefficient (Wildman–Crippen LogP) is 10.7. The van der Waals surface area contributed by atoms with E-state index in [0.717, 1.165) is 10.9 Å². The lowest BCUT2D eigenvalue weighted by molar-refractivity contribution is -0.114. The molecule has 4 N–H and O–H groups in total. The molecular formula is C47H44Cl2FN9O4. The number of aromatic nitrogens is 5. The maximum absolute atomic E-state index is 14.5. The standard InChI is InChI=1S/C26H22FN5O.C19H16Cl2N4O3.C2H6/c1-4-24(33)30-23-7-5-6-15(2)25(23)32-26-29-14-19-12-18(9-11-22(19)31-26)20-13-17(16(3)28)8-10-21(20)27;1-5-14(26)25(2)19-23-9-11-6-10(8-22-18(11)24-19)15-16(20)12(27-3)7-13(28-4)17(15)21;1-2/h4-14H,1,3,28H2,2H3,(H,30,33)(H,29,31,32);5-9H,1H2,2-4H3;1-2H3. The lowest BCUT2D eigenvalue weighted by Crippen LogP contribution is -2.25. The number of pyridine rings is 1. The highest BCUT2D eigenvalue weighted by Gasteiger charge is 2.20. The number of hydrogen-bond acceptors (Lipinski definition) is 11. The van der Waals surface area contributed by atoms with Gasteiger partial charge in [-0.25, -0.2) is 24.3 Å². The summed E-state index contributed by atoms with van der Waals surface area (Å²) in [5.74, 6) is 0.446. The highest BCUT2D eigenvalue weighted by Crippen LogP contribution is 2.46. The van der Waals surface area contributed by atoms with Gasteiger partial charge in [0, 0.05) is 64.9 Å². The summed E-state index contributed by atoms with van der Waals surface area (Å²) in [5.41, 5.74) is 12.4. The fourth-order valence-corrected chi connectivity index (χ4v) is 6.75. The summed E-state index contributed by atoms with van der Waals surface area (Å²) < 4.78 is 25.1. The molecule has 63 heavy (non-hydrogen) atoms. The number of ether oxygens (including phenoxy) is 2. The Labute approximate surface area is 374 Å². The van der Waals surface area contributed by atoms with Gasteiger partial charge in [0.25, 0.3) is 5.91 Å². The quantitative estimate of drug-likeness (QED) is 0.106. The van der Waals surface area contributed by atoms with Crippen LogP contribution in [0.25, 0.3) is 49.9 Å². The van der Waals surface area contributed by atoms with Crippen molar-refractivity contribution in [3.05, 3.63) is 144 Å². The van der Waals surface area contributed by atoms with Gasteiger partial charge in [0.15, 0.2) is 5.65 Å². The number of halogens is 3. The molecule has 16 heteroatoms. The van der Waals surface area contributed by atoms with Gasteiger partial charge in [-0.15, -0.1) is 0 Å². The maximum atomic E-state index is 14.5. The summed E-state index contributed by atoms with van der Waals surface area (Å²) in [6, 6.07) is 19.0. The van der Waals surface area contributed by atoms with Crippen LogP contribution in [0.4, 0.5) is 27.7 Å². The normalized spacial score (nSPS) is 10.4. The van der Waals surface area contributed by atoms with Crippen LogP contribution < -0.4 is 30.7 Å². The largest absolute Gasteiger partial charge is 0.495 e. The van der Waals surface area contributed by atoms with E-state index in [1.54, 1.807) is 68.1 Å². The molecule has 7 aromatic rings. The zero-order valence-corrected chi connectivity index (χ0v) is 36.9. The van der Waals surface area contributed by atoms with E-state index in [1.807, 2.05) is 39.0 Å². The molecule has 7 rings (SSSR count). The zero-order chi connectivity index (χ0) is 46.0. The Bertz CT molecular complexity index is 2860. The second kappa shape index (κ2) is 20.9. The third kappa shape index (κ3) is 10.6. The number of aryl methyl sites for hydroxylation is 1. The molecule has 4 aromatic carbocycles. The third-order valence-electron chi connectivity index (χ3n) is 9.27. The van der Waals surface area contributed by atoms with E-state index in [2.05, 4.69) is 55.3 Å². The molecule has 0 atom stereocenters. The number of nitrogens with zero attached hydrogens (tertiary/aromatic N) is 6. The molecule has 0 unspecified atom stereocenters. The second-order valence-corrected chi connectivity index (χ2v) is 14.0. The monoisotopic (exact) mass is 887 g/mol. The van der Waals surface area contributed by atoms with Crippen LogP contribution in [-0.2, 0) is 9.59 Å². The zero-order valence-electron chi connectivity index (χ0n) is 35.4. The molecule has 0 aliphatic heterocycles. The molecule has 3 heterocycles. The Morgan fingerprint density at radius 1 is 0.841 bits per heavy atom. The summed E-state index contributed by atoms with van der Waals surface area (Å²) in [6.07, 6.45) is 7.21. The number of para-hydroxylation sites is 1. The van der Waals surface area contributed by atoms with E-state index in [-0.39, 0.29) is 23.6 Å². The van der Waals surface area contributed by atoms with Gasteiger partial charge in [-0.05, 0) is 78.2 Å². The molecule has 13 nitrogen and oxygen atoms in total. The number of amides is 2. The fourth-order valence-electron chi connectivity index (χ4n) is 6.03. The van der Waals surface area contributed by atoms with Gasteiger partial charge in [-0.2, -0.15) is 4.98 Å². The van der Waals surface area contributed by atoms with Gasteiger partial charge in [0.2, 0.25) is 17.8 Å². The van der Waals surface area contributed by atoms with Gasteiger partial charge < -0.3 is 25.8 Å². The van der Waals surface area contributed by atoms with E-state index in [0.29, 0.717) is 88.9 Å². The van der Waals surface area contributed by atoms with Crippen molar-refractivity contribution in [3.8, 4) is 33.8 Å². The summed E-state index contributed by atoms with van der Waals surface area (Å²) in [7, 11) is 4.57. The van der Waals surface area contributed by atoms with E-state index >= 15 is 0 Å². The van der Waals surface area contributed by atoms with E-state index in [1.165, 1.54) is 37.3 Å². The number of hydrogen-bond donors (Lipinski definition) is 3. The lowest BCUT2D eigenvalue weighted by Gasteiger charge is -2.15. The first-order valence-corrected chi connectivity index (χ1v) is 20.0. The SMILES string of the molecule is C=CC(=O)N(C)c1ncc2cc(-c3c(Cl)c(OC)cc(OC)c3Cl)cnc2n1.C=CC(=O)Nc1cccc(C)c1Nc1ncc2cc(-c3cc(C(=C)N)ccc3F)ccc2n1.CC. The van der Waals surface area contributed by atoms with Crippen molar-refractivity contribution in [2.45, 2.75) is 20.8 Å². The molecule has 0 saturated heterocycles. The van der Waals surface area contributed by atoms with Crippen LogP contribution in [0.3, 0.4) is 0 Å². The minimum atomic E-state index is -0.354. The Morgan fingerprint density at radius 2 is 1.52 bits per heavy atom. The van der Waals surface area contributed by atoms with Crippen LogP contribution in [0.5, 0.6) is 11.5 Å². The van der Waals surface area contributed by atoms with Crippen molar-refractivity contribution in [1.82, 2.24) is 24.9 Å². The predicted molar refractivity (Wildman–Crippen MR) is 252 cm³/mol. The number of carbonyl (C=O) groups excluding carboxylic acids is 2. The van der Waals surface area contributed by atoms with Crippen LogP contribution in [0, 0.1) is 12.7 Å². The minimum absolute atomic E-state index is 0.219. The van der Waals surface area contributed by atoms with Crippen molar-refractivity contribution in [3.63, 3.8) is 0 Å². The molecule has 0 aliphatic rings. The fraction of sp³-hybridized carbons (Fsp3) is 0.128. The molecule has 322 valence electrons. The number of anilines is 4. The molecule has 0 bridgehead atoms. The minimum Gasteiger partial charge on any atom is -0.495 e. The van der Waals surface area contributed by atoms with Gasteiger partial charge in [0.1, 0.15) is 17.3 Å². The smallest absolute Gasteiger partial charge is 0.252 e. The summed E-state index contributed by atoms with van der Waals surface area (Å²) in [6.45, 7) is 16.6. The maximum Gasteiger partial charge on any atom is 0.252 e. The molecule has 0 saturated carbocycles. The van der Waals surface area contributed by atoms with Crippen LogP contribution in [0.1, 0.15) is 25.0 Å². The Kier molecular flexibility index (Phi) is 15.5. The molecular weight excluding hydrogens is 844 g/mol. The lowest BCUT2D eigenvalue weighted by atomic mass is 10.00. The average molecular weight is 889 g/mol. The first kappa shape index (κ1) is 46.6. The van der Waals surface area contributed by atoms with Gasteiger partial charge in [0.05, 0.1) is 41.2 Å². The summed E-state index contributed by atoms with van der Waals surface area (Å²) >= 11 is 12.9. The molecule has 0 aliphatic carbocycles. The summed E-state index contributed by atoms with van der Waals surface area (Å²) in [4.78, 5) is 46.7. The van der Waals surface area contributed by atoms with E-state index in [9.17, 15) is 14.0 Å². The molecule has 0 radical (unpaired) electrons. The van der Waals surface area contributed by atoms with Crippen LogP contribution in [0.2, 0.25) is 10.0 Å². The van der Waals surface area contributed by atoms with E-state index in [4.69, 9.17) is 38.4 Å². The van der Waals surface area contributed by atoms with E-state index < -0.39 is 0 Å². The molecule has 0 fully saturated rings. The van der Waals surface area contributed by atoms with Crippen molar-refractivity contribution in [2.24, 2.45) is 5.73 Å². The van der Waals surface area contributed by atoms with Crippen molar-refractivity contribution in [2.75, 3.05) is 36.8 Å². The number of likely N-dealkylation sites (N-methyl/N-ethyl adjacent to an activating group) is 1. The highest BCUT2D eigenvalue weighted by atomic mass is 35.5. The first-order chi connectivity index (χ1) is 30.3. The Hall–Kier alpha value is -7.42. The average Bonchev–Trinajstić information content (AvgIpc) is 3.30. The molecule has 0 spiro atoms. The first-order valence-electron chi connectivity index (χ1n) is 19.2. The van der Waals surface area contributed by atoms with Crippen molar-refractivity contribution < 1.29 is 23.5 Å². The number of benzene rings is 4. The summed E-state index contributed by atoms with van der Waals surface area (Å²) in [5, 5.41) is 8.03. The van der Waals surface area contributed by atoms with Gasteiger partial charge in [-0.1, -0.05) is 75.0 Å². The van der Waals surface area contributed by atoms with Crippen molar-refractivity contribution in [1.29, 1.82) is 0 Å². The number of nitrogens with one attached hydrogen (secondary N) is 2. The van der Waals surface area contributed by atoms with Crippen molar-refractivity contribution >= 4 is 85.9 Å². The van der Waals surface area contributed by atoms with Crippen LogP contribution >= 0.6 is 23.2 Å². The number of carbonyl (C=O) groups is 2. The Balaban J connectivity index is 0.000000232. The highest BCUT2D eigenvalue weighted by molar-refractivity contribution is 6.41. The van der Waals surface area contributed by atoms with Gasteiger partial charge in [-0.3, -0.25) is 14.5 Å².